The first-order chi connectivity index (χ1) is 9.76. The van der Waals surface area contributed by atoms with Crippen molar-refractivity contribution in [2.75, 3.05) is 5.32 Å². The van der Waals surface area contributed by atoms with E-state index in [1.165, 1.54) is 6.07 Å². The van der Waals surface area contributed by atoms with Crippen LogP contribution in [0.25, 0.3) is 0 Å². The monoisotopic (exact) mass is 420 g/mol. The number of hydrogen-bond donors (Lipinski definition) is 3. The van der Waals surface area contributed by atoms with E-state index in [0.29, 0.717) is 14.9 Å². The average molecular weight is 422 g/mol. The molecule has 5 nitrogen and oxygen atoms in total. The SMILES string of the molecule is CCC(NC(=O)Nc1c(Br)cc(Br)cc1C(=O)O)C(C)C. The van der Waals surface area contributed by atoms with Crippen LogP contribution in [0.2, 0.25) is 0 Å². The predicted octanol–water partition coefficient (Wildman–Crippen LogP) is 4.47. The fourth-order valence-corrected chi connectivity index (χ4v) is 3.25. The first-order valence-electron chi connectivity index (χ1n) is 6.56. The Morgan fingerprint density at radius 3 is 2.38 bits per heavy atom. The van der Waals surface area contributed by atoms with Gasteiger partial charge in [0.15, 0.2) is 0 Å². The maximum absolute atomic E-state index is 12.1. The highest BCUT2D eigenvalue weighted by Gasteiger charge is 2.19. The molecule has 7 heteroatoms. The summed E-state index contributed by atoms with van der Waals surface area (Å²) in [4.78, 5) is 23.3. The van der Waals surface area contributed by atoms with Crippen molar-refractivity contribution < 1.29 is 14.7 Å². The molecule has 1 aromatic rings. The summed E-state index contributed by atoms with van der Waals surface area (Å²) in [6.07, 6.45) is 0.804. The summed E-state index contributed by atoms with van der Waals surface area (Å²) in [6.45, 7) is 6.03. The molecule has 0 bridgehead atoms. The van der Waals surface area contributed by atoms with Crippen LogP contribution < -0.4 is 10.6 Å². The van der Waals surface area contributed by atoms with Gasteiger partial charge >= 0.3 is 12.0 Å². The van der Waals surface area contributed by atoms with Crippen molar-refractivity contribution in [3.05, 3.63) is 26.6 Å². The zero-order chi connectivity index (χ0) is 16.2. The Morgan fingerprint density at radius 1 is 1.29 bits per heavy atom. The quantitative estimate of drug-likeness (QED) is 0.656. The van der Waals surface area contributed by atoms with Gasteiger partial charge in [-0.15, -0.1) is 0 Å². The molecule has 3 N–H and O–H groups in total. The molecular weight excluding hydrogens is 404 g/mol. The Labute approximate surface area is 140 Å². The molecule has 1 unspecified atom stereocenters. The van der Waals surface area contributed by atoms with Gasteiger partial charge < -0.3 is 15.7 Å². The highest BCUT2D eigenvalue weighted by Crippen LogP contribution is 2.30. The first-order valence-corrected chi connectivity index (χ1v) is 8.14. The average Bonchev–Trinajstić information content (AvgIpc) is 2.38. The second kappa shape index (κ2) is 7.79. The predicted molar refractivity (Wildman–Crippen MR) is 89.9 cm³/mol. The molecule has 0 heterocycles. The Morgan fingerprint density at radius 2 is 1.90 bits per heavy atom. The van der Waals surface area contributed by atoms with Crippen molar-refractivity contribution in [1.29, 1.82) is 0 Å². The zero-order valence-corrected chi connectivity index (χ0v) is 15.2. The highest BCUT2D eigenvalue weighted by molar-refractivity contribution is 9.11. The van der Waals surface area contributed by atoms with Gasteiger partial charge in [-0.3, -0.25) is 0 Å². The van der Waals surface area contributed by atoms with Crippen LogP contribution in [0, 0.1) is 5.92 Å². The normalized spacial score (nSPS) is 12.1. The maximum atomic E-state index is 12.1. The van der Waals surface area contributed by atoms with Gasteiger partial charge in [0.1, 0.15) is 0 Å². The van der Waals surface area contributed by atoms with Gasteiger partial charge in [-0.2, -0.15) is 0 Å². The minimum absolute atomic E-state index is 0.0176. The van der Waals surface area contributed by atoms with E-state index in [9.17, 15) is 14.7 Å². The molecule has 0 aliphatic carbocycles. The van der Waals surface area contributed by atoms with E-state index in [0.717, 1.165) is 6.42 Å². The van der Waals surface area contributed by atoms with Crippen molar-refractivity contribution in [2.24, 2.45) is 5.92 Å². The second-order valence-corrected chi connectivity index (χ2v) is 6.74. The molecule has 0 spiro atoms. The topological polar surface area (TPSA) is 78.4 Å². The molecule has 1 atom stereocenters. The summed E-state index contributed by atoms with van der Waals surface area (Å²) in [6, 6.07) is 2.75. The molecule has 1 aromatic carbocycles. The van der Waals surface area contributed by atoms with Gasteiger partial charge in [0.2, 0.25) is 0 Å². The van der Waals surface area contributed by atoms with Gasteiger partial charge in [0.05, 0.1) is 11.3 Å². The van der Waals surface area contributed by atoms with Crippen LogP contribution in [0.5, 0.6) is 0 Å². The third-order valence-electron chi connectivity index (χ3n) is 3.08. The van der Waals surface area contributed by atoms with Gasteiger partial charge in [-0.1, -0.05) is 36.7 Å². The molecule has 0 saturated carbocycles. The van der Waals surface area contributed by atoms with Crippen LogP contribution in [0.15, 0.2) is 21.1 Å². The van der Waals surface area contributed by atoms with Crippen LogP contribution in [-0.4, -0.2) is 23.1 Å². The van der Waals surface area contributed by atoms with Gasteiger partial charge in [0.25, 0.3) is 0 Å². The molecule has 21 heavy (non-hydrogen) atoms. The molecular formula is C14H18Br2N2O3. The molecule has 2 amide bonds. The largest absolute Gasteiger partial charge is 0.478 e. The van der Waals surface area contributed by atoms with Crippen LogP contribution in [0.1, 0.15) is 37.6 Å². The van der Waals surface area contributed by atoms with Crippen molar-refractivity contribution >= 4 is 49.5 Å². The number of carboxylic acid groups (broad SMARTS) is 1. The van der Waals surface area contributed by atoms with Crippen LogP contribution >= 0.6 is 31.9 Å². The van der Waals surface area contributed by atoms with E-state index in [-0.39, 0.29) is 17.3 Å². The maximum Gasteiger partial charge on any atom is 0.337 e. The molecule has 0 aliphatic rings. The number of carbonyl (C=O) groups is 2. The molecule has 0 fully saturated rings. The number of carboxylic acids is 1. The minimum Gasteiger partial charge on any atom is -0.478 e. The van der Waals surface area contributed by atoms with E-state index in [1.807, 2.05) is 20.8 Å². The van der Waals surface area contributed by atoms with Gasteiger partial charge in [-0.25, -0.2) is 9.59 Å². The Hall–Kier alpha value is -1.08. The van der Waals surface area contributed by atoms with Gasteiger partial charge in [0, 0.05) is 15.0 Å². The van der Waals surface area contributed by atoms with Crippen molar-refractivity contribution in [3.8, 4) is 0 Å². The first kappa shape index (κ1) is 18.0. The molecule has 0 saturated heterocycles. The Kier molecular flexibility index (Phi) is 6.67. The Balaban J connectivity index is 2.97. The lowest BCUT2D eigenvalue weighted by Gasteiger charge is -2.21. The number of aromatic carboxylic acids is 1. The summed E-state index contributed by atoms with van der Waals surface area (Å²) >= 11 is 6.50. The number of benzene rings is 1. The summed E-state index contributed by atoms with van der Waals surface area (Å²) in [5.74, 6) is -0.809. The second-order valence-electron chi connectivity index (χ2n) is 4.97. The standard InChI is InChI=1S/C14H18Br2N2O3/c1-4-11(7(2)3)17-14(21)18-12-9(13(19)20)5-8(15)6-10(12)16/h5-7,11H,4H2,1-3H3,(H,19,20)(H2,17,18,21). The number of anilines is 1. The summed E-state index contributed by atoms with van der Waals surface area (Å²) in [5, 5.41) is 14.7. The van der Waals surface area contributed by atoms with Crippen LogP contribution in [-0.2, 0) is 0 Å². The van der Waals surface area contributed by atoms with E-state index in [2.05, 4.69) is 42.5 Å². The minimum atomic E-state index is -1.11. The number of halogens is 2. The third kappa shape index (κ3) is 5.00. The van der Waals surface area contributed by atoms with Crippen molar-refractivity contribution in [2.45, 2.75) is 33.2 Å². The number of hydrogen-bond acceptors (Lipinski definition) is 2. The fourth-order valence-electron chi connectivity index (χ4n) is 1.93. The smallest absolute Gasteiger partial charge is 0.337 e. The molecule has 0 aromatic heterocycles. The summed E-state index contributed by atoms with van der Waals surface area (Å²) in [5.41, 5.74) is 0.255. The van der Waals surface area contributed by atoms with Crippen LogP contribution in [0.3, 0.4) is 0 Å². The lowest BCUT2D eigenvalue weighted by molar-refractivity contribution is 0.0698. The lowest BCUT2D eigenvalue weighted by atomic mass is 10.0. The van der Waals surface area contributed by atoms with E-state index >= 15 is 0 Å². The van der Waals surface area contributed by atoms with E-state index in [4.69, 9.17) is 0 Å². The number of nitrogens with one attached hydrogen (secondary N) is 2. The van der Waals surface area contributed by atoms with Crippen molar-refractivity contribution in [3.63, 3.8) is 0 Å². The molecule has 116 valence electrons. The molecule has 1 rings (SSSR count). The summed E-state index contributed by atoms with van der Waals surface area (Å²) in [7, 11) is 0. The fraction of sp³-hybridized carbons (Fsp3) is 0.429. The number of carbonyl (C=O) groups excluding carboxylic acids is 1. The molecule has 0 radical (unpaired) electrons. The van der Waals surface area contributed by atoms with Crippen molar-refractivity contribution in [1.82, 2.24) is 5.32 Å². The van der Waals surface area contributed by atoms with Gasteiger partial charge in [-0.05, 0) is 40.4 Å². The molecule has 0 aliphatic heterocycles. The highest BCUT2D eigenvalue weighted by atomic mass is 79.9. The third-order valence-corrected chi connectivity index (χ3v) is 4.17. The van der Waals surface area contributed by atoms with Crippen LogP contribution in [0.4, 0.5) is 10.5 Å². The number of amides is 2. The van der Waals surface area contributed by atoms with E-state index in [1.54, 1.807) is 6.07 Å². The Bertz CT molecular complexity index is 547. The summed E-state index contributed by atoms with van der Waals surface area (Å²) < 4.78 is 1.12. The zero-order valence-electron chi connectivity index (χ0n) is 12.0. The lowest BCUT2D eigenvalue weighted by Crippen LogP contribution is -2.40. The number of urea groups is 1. The number of rotatable bonds is 5. The van der Waals surface area contributed by atoms with E-state index < -0.39 is 12.0 Å².